The van der Waals surface area contributed by atoms with E-state index in [2.05, 4.69) is 5.32 Å². The number of fused-ring (bicyclic) bond motifs is 1. The Hall–Kier alpha value is -2.94. The lowest BCUT2D eigenvalue weighted by Gasteiger charge is -2.26. The van der Waals surface area contributed by atoms with Gasteiger partial charge in [-0.3, -0.25) is 9.10 Å². The van der Waals surface area contributed by atoms with Gasteiger partial charge in [0.05, 0.1) is 25.6 Å². The molecule has 0 radical (unpaired) electrons. The van der Waals surface area contributed by atoms with Gasteiger partial charge in [-0.15, -0.1) is 0 Å². The topological polar surface area (TPSA) is 94.2 Å². The van der Waals surface area contributed by atoms with Crippen LogP contribution in [-0.2, 0) is 14.8 Å². The van der Waals surface area contributed by atoms with E-state index in [0.717, 1.165) is 6.26 Å². The van der Waals surface area contributed by atoms with Gasteiger partial charge in [-0.2, -0.15) is 0 Å². The van der Waals surface area contributed by atoms with Crippen LogP contribution in [0.25, 0.3) is 0 Å². The number of para-hydroxylation sites is 2. The van der Waals surface area contributed by atoms with Crippen LogP contribution in [-0.4, -0.2) is 53.5 Å². The van der Waals surface area contributed by atoms with Gasteiger partial charge in [-0.05, 0) is 42.8 Å². The van der Waals surface area contributed by atoms with Crippen LogP contribution in [0.15, 0.2) is 48.5 Å². The van der Waals surface area contributed by atoms with E-state index < -0.39 is 10.0 Å². The molecule has 30 heavy (non-hydrogen) atoms. The van der Waals surface area contributed by atoms with Crippen LogP contribution < -0.4 is 23.8 Å². The molecule has 2 aromatic carbocycles. The molecule has 9 heteroatoms. The van der Waals surface area contributed by atoms with Crippen molar-refractivity contribution in [2.24, 2.45) is 0 Å². The summed E-state index contributed by atoms with van der Waals surface area (Å²) in [6, 6.07) is 14.1. The van der Waals surface area contributed by atoms with Crippen molar-refractivity contribution in [2.75, 3.05) is 37.4 Å². The number of nitrogens with one attached hydrogen (secondary N) is 1. The first-order chi connectivity index (χ1) is 14.4. The molecule has 3 rings (SSSR count). The van der Waals surface area contributed by atoms with E-state index in [9.17, 15) is 13.2 Å². The van der Waals surface area contributed by atoms with Crippen LogP contribution in [0, 0.1) is 0 Å². The highest BCUT2D eigenvalue weighted by atomic mass is 32.2. The van der Waals surface area contributed by atoms with Crippen molar-refractivity contribution >= 4 is 21.6 Å². The van der Waals surface area contributed by atoms with E-state index in [4.69, 9.17) is 14.2 Å². The Kier molecular flexibility index (Phi) is 7.04. The maximum Gasteiger partial charge on any atom is 0.232 e. The zero-order valence-electron chi connectivity index (χ0n) is 17.0. The maximum absolute atomic E-state index is 12.2. The predicted molar refractivity (Wildman–Crippen MR) is 114 cm³/mol. The fourth-order valence-corrected chi connectivity index (χ4v) is 4.06. The molecule has 1 heterocycles. The van der Waals surface area contributed by atoms with Crippen LogP contribution in [0.3, 0.4) is 0 Å². The molecule has 1 N–H and O–H groups in total. The molecule has 0 aromatic heterocycles. The van der Waals surface area contributed by atoms with Crippen LogP contribution in [0.2, 0.25) is 0 Å². The quantitative estimate of drug-likeness (QED) is 0.650. The average Bonchev–Trinajstić information content (AvgIpc) is 2.74. The number of hydrogen-bond acceptors (Lipinski definition) is 6. The van der Waals surface area contributed by atoms with Gasteiger partial charge >= 0.3 is 0 Å². The molecule has 8 nitrogen and oxygen atoms in total. The molecule has 1 aliphatic rings. The van der Waals surface area contributed by atoms with E-state index in [1.54, 1.807) is 31.4 Å². The van der Waals surface area contributed by atoms with E-state index in [0.29, 0.717) is 42.5 Å². The molecule has 0 bridgehead atoms. The first kappa shape index (κ1) is 21.8. The summed E-state index contributed by atoms with van der Waals surface area (Å²) >= 11 is 0. The van der Waals surface area contributed by atoms with Crippen molar-refractivity contribution in [3.05, 3.63) is 48.5 Å². The Labute approximate surface area is 176 Å². The highest BCUT2D eigenvalue weighted by Gasteiger charge is 2.21. The first-order valence-electron chi connectivity index (χ1n) is 9.64. The normalized spacial score (nSPS) is 15.3. The minimum Gasteiger partial charge on any atom is -0.497 e. The Balaban J connectivity index is 1.46. The molecule has 2 aromatic rings. The van der Waals surface area contributed by atoms with Gasteiger partial charge in [-0.1, -0.05) is 12.1 Å². The van der Waals surface area contributed by atoms with Crippen molar-refractivity contribution < 1.29 is 27.4 Å². The minimum absolute atomic E-state index is 0.166. The van der Waals surface area contributed by atoms with E-state index in [-0.39, 0.29) is 25.0 Å². The van der Waals surface area contributed by atoms with Gasteiger partial charge in [0.15, 0.2) is 11.5 Å². The SMILES string of the molecule is COc1ccc(N(CCCC(=O)NC[C@@H]2COc3ccccc3O2)S(C)(=O)=O)cc1. The number of methoxy groups -OCH3 is 1. The second kappa shape index (κ2) is 9.71. The predicted octanol–water partition coefficient (Wildman–Crippen LogP) is 2.20. The Morgan fingerprint density at radius 3 is 2.53 bits per heavy atom. The van der Waals surface area contributed by atoms with Crippen molar-refractivity contribution in [2.45, 2.75) is 18.9 Å². The van der Waals surface area contributed by atoms with E-state index in [1.165, 1.54) is 4.31 Å². The fraction of sp³-hybridized carbons (Fsp3) is 0.381. The number of carbonyl (C=O) groups excluding carboxylic acids is 1. The summed E-state index contributed by atoms with van der Waals surface area (Å²) in [6.45, 7) is 0.882. The number of nitrogens with zero attached hydrogens (tertiary/aromatic N) is 1. The van der Waals surface area contributed by atoms with Gasteiger partial charge in [0.25, 0.3) is 0 Å². The van der Waals surface area contributed by atoms with Gasteiger partial charge in [0, 0.05) is 13.0 Å². The first-order valence-corrected chi connectivity index (χ1v) is 11.5. The van der Waals surface area contributed by atoms with Crippen LogP contribution >= 0.6 is 0 Å². The van der Waals surface area contributed by atoms with E-state index >= 15 is 0 Å². The Morgan fingerprint density at radius 1 is 1.17 bits per heavy atom. The number of hydrogen-bond donors (Lipinski definition) is 1. The average molecular weight is 435 g/mol. The lowest BCUT2D eigenvalue weighted by Crippen LogP contribution is -2.41. The molecule has 0 aliphatic carbocycles. The second-order valence-corrected chi connectivity index (χ2v) is 8.85. The standard InChI is InChI=1S/C21H26N2O6S/c1-27-17-11-9-16(10-12-17)23(30(2,25)26)13-5-8-21(24)22-14-18-15-28-19-6-3-4-7-20(19)29-18/h3-4,6-7,9-12,18H,5,8,13-15H2,1-2H3,(H,22,24)/t18-/m1/s1. The van der Waals surface area contributed by atoms with Crippen LogP contribution in [0.4, 0.5) is 5.69 Å². The van der Waals surface area contributed by atoms with Gasteiger partial charge in [0.2, 0.25) is 15.9 Å². The van der Waals surface area contributed by atoms with Crippen molar-refractivity contribution in [1.82, 2.24) is 5.32 Å². The largest absolute Gasteiger partial charge is 0.497 e. The van der Waals surface area contributed by atoms with Crippen molar-refractivity contribution in [3.63, 3.8) is 0 Å². The summed E-state index contributed by atoms with van der Waals surface area (Å²) in [7, 11) is -1.92. The molecule has 0 saturated heterocycles. The second-order valence-electron chi connectivity index (χ2n) is 6.94. The van der Waals surface area contributed by atoms with Crippen molar-refractivity contribution in [3.8, 4) is 17.2 Å². The van der Waals surface area contributed by atoms with Gasteiger partial charge < -0.3 is 19.5 Å². The highest BCUT2D eigenvalue weighted by molar-refractivity contribution is 7.92. The van der Waals surface area contributed by atoms with Crippen LogP contribution in [0.5, 0.6) is 17.2 Å². The molecule has 0 fully saturated rings. The number of ether oxygens (including phenoxy) is 3. The fourth-order valence-electron chi connectivity index (χ4n) is 3.10. The highest BCUT2D eigenvalue weighted by Crippen LogP contribution is 2.30. The maximum atomic E-state index is 12.2. The van der Waals surface area contributed by atoms with Gasteiger partial charge in [0.1, 0.15) is 18.5 Å². The summed E-state index contributed by atoms with van der Waals surface area (Å²) < 4.78 is 42.1. The lowest BCUT2D eigenvalue weighted by atomic mass is 10.2. The summed E-state index contributed by atoms with van der Waals surface area (Å²) in [4.78, 5) is 12.2. The Bertz CT molecular complexity index is 962. The smallest absolute Gasteiger partial charge is 0.232 e. The molecule has 0 spiro atoms. The molecule has 0 unspecified atom stereocenters. The summed E-state index contributed by atoms with van der Waals surface area (Å²) in [5, 5.41) is 2.82. The number of amides is 1. The molecule has 0 saturated carbocycles. The van der Waals surface area contributed by atoms with Crippen LogP contribution in [0.1, 0.15) is 12.8 Å². The molecule has 1 aliphatic heterocycles. The summed E-state index contributed by atoms with van der Waals surface area (Å²) in [5.74, 6) is 1.83. The third kappa shape index (κ3) is 5.79. The number of rotatable bonds is 9. The number of benzene rings is 2. The van der Waals surface area contributed by atoms with Gasteiger partial charge in [-0.25, -0.2) is 8.42 Å². The molecule has 1 atom stereocenters. The summed E-state index contributed by atoms with van der Waals surface area (Å²) in [6.07, 6.45) is 1.47. The molecular formula is C21H26N2O6S. The molecule has 1 amide bonds. The number of carbonyl (C=O) groups is 1. The zero-order valence-corrected chi connectivity index (χ0v) is 17.9. The zero-order chi connectivity index (χ0) is 21.6. The minimum atomic E-state index is -3.47. The number of sulfonamides is 1. The number of anilines is 1. The van der Waals surface area contributed by atoms with Crippen molar-refractivity contribution in [1.29, 1.82) is 0 Å². The third-order valence-electron chi connectivity index (χ3n) is 4.62. The molecule has 162 valence electrons. The summed E-state index contributed by atoms with van der Waals surface area (Å²) in [5.41, 5.74) is 0.533. The Morgan fingerprint density at radius 2 is 1.87 bits per heavy atom. The van der Waals surface area contributed by atoms with E-state index in [1.807, 2.05) is 24.3 Å². The lowest BCUT2D eigenvalue weighted by molar-refractivity contribution is -0.121. The molecular weight excluding hydrogens is 408 g/mol. The monoisotopic (exact) mass is 434 g/mol. The third-order valence-corrected chi connectivity index (χ3v) is 5.81.